The molecule has 0 aliphatic rings. The van der Waals surface area contributed by atoms with Crippen molar-refractivity contribution in [3.05, 3.63) is 36.0 Å². The number of benzene rings is 1. The second kappa shape index (κ2) is 6.39. The summed E-state index contributed by atoms with van der Waals surface area (Å²) in [5.74, 6) is -0.0924. The molecule has 2 rings (SSSR count). The number of halogens is 1. The lowest BCUT2D eigenvalue weighted by Gasteiger charge is -2.11. The Labute approximate surface area is 119 Å². The molecular weight excluding hydrogens is 281 g/mol. The fourth-order valence-electron chi connectivity index (χ4n) is 1.39. The summed E-state index contributed by atoms with van der Waals surface area (Å²) in [5, 5.41) is 16.4. The molecule has 0 spiro atoms. The minimum Gasteiger partial charge on any atom is -0.478 e. The lowest BCUT2D eigenvalue weighted by atomic mass is 10.3. The van der Waals surface area contributed by atoms with Gasteiger partial charge in [0.05, 0.1) is 11.3 Å². The van der Waals surface area contributed by atoms with Crippen LogP contribution >= 0.6 is 11.8 Å². The lowest BCUT2D eigenvalue weighted by molar-refractivity contribution is 0.174. The van der Waals surface area contributed by atoms with E-state index in [1.165, 1.54) is 12.1 Å². The fourth-order valence-corrected chi connectivity index (χ4v) is 1.97. The Kier molecular flexibility index (Phi) is 4.58. The highest BCUT2D eigenvalue weighted by atomic mass is 32.2. The van der Waals surface area contributed by atoms with Crippen LogP contribution in [0.5, 0.6) is 5.75 Å². The van der Waals surface area contributed by atoms with E-state index in [9.17, 15) is 4.39 Å². The first-order chi connectivity index (χ1) is 9.60. The first-order valence-electron chi connectivity index (χ1n) is 5.91. The zero-order valence-electron chi connectivity index (χ0n) is 10.9. The fraction of sp³-hybridized carbons (Fsp3) is 0.308. The zero-order chi connectivity index (χ0) is 14.5. The molecule has 0 aliphatic heterocycles. The zero-order valence-corrected chi connectivity index (χ0v) is 11.7. The SMILES string of the molecule is C[C@H](C#N)Sc1nnc([C@H](C)Oc2ccccc2F)o1. The summed E-state index contributed by atoms with van der Waals surface area (Å²) in [6.45, 7) is 3.41. The van der Waals surface area contributed by atoms with Gasteiger partial charge in [0, 0.05) is 0 Å². The van der Waals surface area contributed by atoms with Gasteiger partial charge in [0.2, 0.25) is 0 Å². The highest BCUT2D eigenvalue weighted by Crippen LogP contribution is 2.26. The van der Waals surface area contributed by atoms with Crippen LogP contribution in [0.15, 0.2) is 33.9 Å². The summed E-state index contributed by atoms with van der Waals surface area (Å²) in [4.78, 5) is 0. The molecule has 20 heavy (non-hydrogen) atoms. The van der Waals surface area contributed by atoms with Crippen LogP contribution in [0, 0.1) is 17.1 Å². The molecule has 2 aromatic rings. The van der Waals surface area contributed by atoms with Crippen molar-refractivity contribution in [1.29, 1.82) is 5.26 Å². The number of aromatic nitrogens is 2. The third-order valence-electron chi connectivity index (χ3n) is 2.37. The molecular formula is C13H12FN3O2S. The number of nitriles is 1. The van der Waals surface area contributed by atoms with Gasteiger partial charge in [0.15, 0.2) is 17.7 Å². The average Bonchev–Trinajstić information content (AvgIpc) is 2.89. The Hall–Kier alpha value is -2.07. The third-order valence-corrected chi connectivity index (χ3v) is 3.20. The van der Waals surface area contributed by atoms with Crippen LogP contribution in [0.4, 0.5) is 4.39 Å². The number of rotatable bonds is 5. The van der Waals surface area contributed by atoms with Crippen molar-refractivity contribution < 1.29 is 13.5 Å². The van der Waals surface area contributed by atoms with Crippen LogP contribution in [0.2, 0.25) is 0 Å². The van der Waals surface area contributed by atoms with Crippen molar-refractivity contribution in [3.63, 3.8) is 0 Å². The Morgan fingerprint density at radius 3 is 2.80 bits per heavy atom. The summed E-state index contributed by atoms with van der Waals surface area (Å²) in [6.07, 6.45) is -0.578. The highest BCUT2D eigenvalue weighted by Gasteiger charge is 2.18. The monoisotopic (exact) mass is 293 g/mol. The highest BCUT2D eigenvalue weighted by molar-refractivity contribution is 7.99. The molecule has 104 valence electrons. The van der Waals surface area contributed by atoms with Crippen molar-refractivity contribution in [3.8, 4) is 11.8 Å². The molecule has 0 radical (unpaired) electrons. The first-order valence-corrected chi connectivity index (χ1v) is 6.79. The smallest absolute Gasteiger partial charge is 0.278 e. The maximum atomic E-state index is 13.5. The van der Waals surface area contributed by atoms with Crippen LogP contribution in [0.1, 0.15) is 25.8 Å². The van der Waals surface area contributed by atoms with E-state index in [2.05, 4.69) is 16.3 Å². The number of para-hydroxylation sites is 1. The molecule has 0 saturated heterocycles. The second-order valence-corrected chi connectivity index (χ2v) is 5.28. The molecule has 1 aromatic heterocycles. The van der Waals surface area contributed by atoms with Gasteiger partial charge in [-0.3, -0.25) is 0 Å². The molecule has 1 heterocycles. The predicted octanol–water partition coefficient (Wildman–Crippen LogP) is 3.35. The van der Waals surface area contributed by atoms with Gasteiger partial charge in [0.1, 0.15) is 0 Å². The number of ether oxygens (including phenoxy) is 1. The Bertz CT molecular complexity index is 626. The summed E-state index contributed by atoms with van der Waals surface area (Å²) in [5.41, 5.74) is 0. The van der Waals surface area contributed by atoms with Gasteiger partial charge in [0.25, 0.3) is 11.1 Å². The van der Waals surface area contributed by atoms with Crippen LogP contribution in [-0.4, -0.2) is 15.4 Å². The molecule has 0 unspecified atom stereocenters. The van der Waals surface area contributed by atoms with Gasteiger partial charge in [-0.15, -0.1) is 10.2 Å². The minimum absolute atomic E-state index is 0.123. The standard InChI is InChI=1S/C13H12FN3O2S/c1-8(7-15)20-13-17-16-12(19-13)9(2)18-11-6-4-3-5-10(11)14/h3-6,8-9H,1-2H3/t8-,9+/m1/s1. The summed E-state index contributed by atoms with van der Waals surface area (Å²) >= 11 is 1.16. The van der Waals surface area contributed by atoms with E-state index >= 15 is 0 Å². The molecule has 0 bridgehead atoms. The molecule has 7 heteroatoms. The largest absolute Gasteiger partial charge is 0.478 e. The molecule has 0 aliphatic carbocycles. The quantitative estimate of drug-likeness (QED) is 0.787. The molecule has 0 saturated carbocycles. The van der Waals surface area contributed by atoms with Crippen LogP contribution < -0.4 is 4.74 Å². The first kappa shape index (κ1) is 14.3. The summed E-state index contributed by atoms with van der Waals surface area (Å²) in [7, 11) is 0. The second-order valence-electron chi connectivity index (χ2n) is 3.99. The molecule has 0 fully saturated rings. The average molecular weight is 293 g/mol. The normalized spacial score (nSPS) is 13.5. The number of hydrogen-bond donors (Lipinski definition) is 0. The Morgan fingerprint density at radius 2 is 2.10 bits per heavy atom. The van der Waals surface area contributed by atoms with Gasteiger partial charge in [-0.25, -0.2) is 4.39 Å². The van der Waals surface area contributed by atoms with Crippen LogP contribution in [-0.2, 0) is 0 Å². The molecule has 1 aromatic carbocycles. The summed E-state index contributed by atoms with van der Waals surface area (Å²) < 4.78 is 24.3. The van der Waals surface area contributed by atoms with E-state index in [0.29, 0.717) is 0 Å². The topological polar surface area (TPSA) is 71.9 Å². The maximum Gasteiger partial charge on any atom is 0.278 e. The third kappa shape index (κ3) is 3.48. The van der Waals surface area contributed by atoms with Crippen LogP contribution in [0.25, 0.3) is 0 Å². The molecule has 0 N–H and O–H groups in total. The number of hydrogen-bond acceptors (Lipinski definition) is 6. The van der Waals surface area contributed by atoms with Gasteiger partial charge in [-0.05, 0) is 37.7 Å². The lowest BCUT2D eigenvalue weighted by Crippen LogP contribution is -2.04. The van der Waals surface area contributed by atoms with E-state index in [0.717, 1.165) is 11.8 Å². The predicted molar refractivity (Wildman–Crippen MR) is 70.7 cm³/mol. The number of nitrogens with zero attached hydrogens (tertiary/aromatic N) is 3. The molecule has 5 nitrogen and oxygen atoms in total. The van der Waals surface area contributed by atoms with Crippen molar-refractivity contribution in [2.75, 3.05) is 0 Å². The van der Waals surface area contributed by atoms with E-state index in [1.807, 2.05) is 0 Å². The van der Waals surface area contributed by atoms with Gasteiger partial charge in [-0.2, -0.15) is 5.26 Å². The van der Waals surface area contributed by atoms with Crippen molar-refractivity contribution in [2.45, 2.75) is 30.4 Å². The van der Waals surface area contributed by atoms with Gasteiger partial charge >= 0.3 is 0 Å². The molecule has 0 amide bonds. The van der Waals surface area contributed by atoms with Crippen molar-refractivity contribution >= 4 is 11.8 Å². The van der Waals surface area contributed by atoms with E-state index in [1.54, 1.807) is 26.0 Å². The van der Waals surface area contributed by atoms with Crippen molar-refractivity contribution in [2.24, 2.45) is 0 Å². The van der Waals surface area contributed by atoms with Crippen molar-refractivity contribution in [1.82, 2.24) is 10.2 Å². The van der Waals surface area contributed by atoms with E-state index in [-0.39, 0.29) is 22.1 Å². The van der Waals surface area contributed by atoms with E-state index in [4.69, 9.17) is 14.4 Å². The van der Waals surface area contributed by atoms with Gasteiger partial charge in [-0.1, -0.05) is 12.1 Å². The van der Waals surface area contributed by atoms with Crippen LogP contribution in [0.3, 0.4) is 0 Å². The Morgan fingerprint density at radius 1 is 1.35 bits per heavy atom. The van der Waals surface area contributed by atoms with Gasteiger partial charge < -0.3 is 9.15 Å². The van der Waals surface area contributed by atoms with E-state index < -0.39 is 11.9 Å². The minimum atomic E-state index is -0.578. The number of thioether (sulfide) groups is 1. The summed E-state index contributed by atoms with van der Waals surface area (Å²) in [6, 6.07) is 8.14. The Balaban J connectivity index is 2.05. The maximum absolute atomic E-state index is 13.5. The molecule has 2 atom stereocenters.